The summed E-state index contributed by atoms with van der Waals surface area (Å²) in [7, 11) is 2.21. The Morgan fingerprint density at radius 2 is 2.10 bits per heavy atom. The highest BCUT2D eigenvalue weighted by Gasteiger charge is 2.15. The van der Waals surface area contributed by atoms with Gasteiger partial charge in [-0.05, 0) is 26.9 Å². The lowest BCUT2D eigenvalue weighted by molar-refractivity contribution is 0.267. The first-order valence-corrected chi connectivity index (χ1v) is 4.77. The SMILES string of the molecule is CC1CN(I)CCCN1C. The third-order valence-corrected chi connectivity index (χ3v) is 3.00. The van der Waals surface area contributed by atoms with Crippen molar-refractivity contribution in [3.05, 3.63) is 0 Å². The van der Waals surface area contributed by atoms with E-state index in [0.717, 1.165) is 6.04 Å². The predicted octanol–water partition coefficient (Wildman–Crippen LogP) is 1.36. The molecule has 1 unspecified atom stereocenters. The van der Waals surface area contributed by atoms with E-state index in [2.05, 4.69) is 44.8 Å². The molecule has 0 bridgehead atoms. The van der Waals surface area contributed by atoms with Crippen molar-refractivity contribution in [2.45, 2.75) is 19.4 Å². The molecule has 0 aromatic heterocycles. The number of likely N-dealkylation sites (N-methyl/N-ethyl adjacent to an activating group) is 1. The third-order valence-electron chi connectivity index (χ3n) is 2.13. The molecule has 1 fully saturated rings. The van der Waals surface area contributed by atoms with Crippen molar-refractivity contribution in [2.75, 3.05) is 26.7 Å². The fraction of sp³-hybridized carbons (Fsp3) is 1.00. The molecule has 1 atom stereocenters. The van der Waals surface area contributed by atoms with Crippen molar-refractivity contribution in [1.29, 1.82) is 0 Å². The molecule has 1 aliphatic rings. The van der Waals surface area contributed by atoms with Gasteiger partial charge in [0.25, 0.3) is 0 Å². The van der Waals surface area contributed by atoms with Crippen LogP contribution in [0.2, 0.25) is 0 Å². The largest absolute Gasteiger partial charge is 0.302 e. The molecule has 0 aliphatic carbocycles. The Bertz CT molecular complexity index is 108. The first-order chi connectivity index (χ1) is 4.70. The van der Waals surface area contributed by atoms with Gasteiger partial charge >= 0.3 is 0 Å². The van der Waals surface area contributed by atoms with Crippen LogP contribution in [-0.4, -0.2) is 40.7 Å². The van der Waals surface area contributed by atoms with E-state index in [-0.39, 0.29) is 0 Å². The van der Waals surface area contributed by atoms with E-state index in [0.29, 0.717) is 0 Å². The minimum Gasteiger partial charge on any atom is -0.302 e. The first-order valence-electron chi connectivity index (χ1n) is 3.81. The molecule has 0 radical (unpaired) electrons. The minimum atomic E-state index is 0.722. The van der Waals surface area contributed by atoms with E-state index in [1.807, 2.05) is 0 Å². The Morgan fingerprint density at radius 3 is 2.80 bits per heavy atom. The standard InChI is InChI=1S/C7H15IN2/c1-7-6-10(8)5-3-4-9(7)2/h7H,3-6H2,1-2H3. The van der Waals surface area contributed by atoms with Crippen molar-refractivity contribution in [1.82, 2.24) is 8.01 Å². The van der Waals surface area contributed by atoms with Gasteiger partial charge in [0.1, 0.15) is 0 Å². The van der Waals surface area contributed by atoms with Gasteiger partial charge in [0, 0.05) is 42.0 Å². The third kappa shape index (κ3) is 2.36. The highest BCUT2D eigenvalue weighted by molar-refractivity contribution is 14.1. The monoisotopic (exact) mass is 254 g/mol. The van der Waals surface area contributed by atoms with Crippen LogP contribution in [0.3, 0.4) is 0 Å². The molecule has 1 heterocycles. The Balaban J connectivity index is 2.41. The van der Waals surface area contributed by atoms with Crippen LogP contribution in [0, 0.1) is 0 Å². The van der Waals surface area contributed by atoms with Crippen molar-refractivity contribution in [3.8, 4) is 0 Å². The van der Waals surface area contributed by atoms with Crippen LogP contribution in [0.15, 0.2) is 0 Å². The predicted molar refractivity (Wildman–Crippen MR) is 52.3 cm³/mol. The Morgan fingerprint density at radius 1 is 1.40 bits per heavy atom. The van der Waals surface area contributed by atoms with Crippen molar-refractivity contribution in [3.63, 3.8) is 0 Å². The summed E-state index contributed by atoms with van der Waals surface area (Å²) in [6.45, 7) is 5.99. The van der Waals surface area contributed by atoms with Gasteiger partial charge in [-0.1, -0.05) is 0 Å². The molecule has 2 nitrogen and oxygen atoms in total. The summed E-state index contributed by atoms with van der Waals surface area (Å²) in [6.07, 6.45) is 1.31. The molecule has 60 valence electrons. The molecule has 0 aromatic rings. The van der Waals surface area contributed by atoms with Gasteiger partial charge in [0.2, 0.25) is 0 Å². The average Bonchev–Trinajstić information content (AvgIpc) is 1.96. The Labute approximate surface area is 77.1 Å². The van der Waals surface area contributed by atoms with Crippen LogP contribution in [0.1, 0.15) is 13.3 Å². The van der Waals surface area contributed by atoms with Gasteiger partial charge in [-0.3, -0.25) is 0 Å². The van der Waals surface area contributed by atoms with Crippen molar-refractivity contribution in [2.24, 2.45) is 0 Å². The van der Waals surface area contributed by atoms with E-state index in [4.69, 9.17) is 0 Å². The molecule has 0 saturated carbocycles. The average molecular weight is 254 g/mol. The molecular formula is C7H15IN2. The van der Waals surface area contributed by atoms with Crippen molar-refractivity contribution < 1.29 is 0 Å². The number of nitrogens with zero attached hydrogens (tertiary/aromatic N) is 2. The van der Waals surface area contributed by atoms with Gasteiger partial charge in [0.05, 0.1) is 0 Å². The summed E-state index contributed by atoms with van der Waals surface area (Å²) in [5.74, 6) is 0. The number of halogens is 1. The lowest BCUT2D eigenvalue weighted by Gasteiger charge is -2.22. The second-order valence-corrected chi connectivity index (χ2v) is 4.42. The van der Waals surface area contributed by atoms with Crippen LogP contribution in [0.25, 0.3) is 0 Å². The summed E-state index contributed by atoms with van der Waals surface area (Å²) in [5.41, 5.74) is 0. The van der Waals surface area contributed by atoms with E-state index in [1.165, 1.54) is 26.1 Å². The zero-order valence-corrected chi connectivity index (χ0v) is 8.84. The van der Waals surface area contributed by atoms with E-state index < -0.39 is 0 Å². The molecule has 3 heteroatoms. The summed E-state index contributed by atoms with van der Waals surface area (Å²) in [4.78, 5) is 2.43. The normalized spacial score (nSPS) is 32.1. The second-order valence-electron chi connectivity index (χ2n) is 3.05. The van der Waals surface area contributed by atoms with E-state index in [1.54, 1.807) is 0 Å². The van der Waals surface area contributed by atoms with Crippen LogP contribution >= 0.6 is 22.9 Å². The van der Waals surface area contributed by atoms with Gasteiger partial charge in [-0.15, -0.1) is 0 Å². The highest BCUT2D eigenvalue weighted by Crippen LogP contribution is 2.10. The molecular weight excluding hydrogens is 239 g/mol. The molecule has 0 amide bonds. The highest BCUT2D eigenvalue weighted by atomic mass is 127. The minimum absolute atomic E-state index is 0.722. The summed E-state index contributed by atoms with van der Waals surface area (Å²) < 4.78 is 2.38. The van der Waals surface area contributed by atoms with Crippen LogP contribution in [0.5, 0.6) is 0 Å². The maximum Gasteiger partial charge on any atom is 0.0234 e. The summed E-state index contributed by atoms with van der Waals surface area (Å²) >= 11 is 2.41. The topological polar surface area (TPSA) is 6.48 Å². The number of hydrogen-bond donors (Lipinski definition) is 0. The maximum atomic E-state index is 2.43. The molecule has 1 rings (SSSR count). The first kappa shape index (κ1) is 8.74. The molecule has 0 N–H and O–H groups in total. The van der Waals surface area contributed by atoms with Gasteiger partial charge < -0.3 is 4.90 Å². The van der Waals surface area contributed by atoms with Gasteiger partial charge in [-0.25, -0.2) is 3.11 Å². The molecule has 10 heavy (non-hydrogen) atoms. The molecule has 0 aromatic carbocycles. The van der Waals surface area contributed by atoms with Crippen molar-refractivity contribution >= 4 is 22.9 Å². The summed E-state index contributed by atoms with van der Waals surface area (Å²) in [5, 5.41) is 0. The Kier molecular flexibility index (Phi) is 3.39. The molecule has 1 saturated heterocycles. The zero-order chi connectivity index (χ0) is 7.56. The molecule has 1 aliphatic heterocycles. The zero-order valence-electron chi connectivity index (χ0n) is 6.68. The van der Waals surface area contributed by atoms with E-state index in [9.17, 15) is 0 Å². The van der Waals surface area contributed by atoms with Crippen LogP contribution < -0.4 is 0 Å². The maximum absolute atomic E-state index is 2.43. The van der Waals surface area contributed by atoms with E-state index >= 15 is 0 Å². The lowest BCUT2D eigenvalue weighted by atomic mass is 10.3. The number of rotatable bonds is 0. The van der Waals surface area contributed by atoms with Gasteiger partial charge in [0.15, 0.2) is 0 Å². The fourth-order valence-corrected chi connectivity index (χ4v) is 2.14. The lowest BCUT2D eigenvalue weighted by Crippen LogP contribution is -2.33. The summed E-state index contributed by atoms with van der Waals surface area (Å²) in [6, 6.07) is 0.722. The van der Waals surface area contributed by atoms with Crippen LogP contribution in [-0.2, 0) is 0 Å². The number of hydrogen-bond acceptors (Lipinski definition) is 2. The fourth-order valence-electron chi connectivity index (χ4n) is 1.23. The Hall–Kier alpha value is 0.650. The van der Waals surface area contributed by atoms with Crippen LogP contribution in [0.4, 0.5) is 0 Å². The smallest absolute Gasteiger partial charge is 0.0234 e. The second kappa shape index (κ2) is 3.88. The quantitative estimate of drug-likeness (QED) is 0.475. The van der Waals surface area contributed by atoms with Gasteiger partial charge in [-0.2, -0.15) is 0 Å². The molecule has 0 spiro atoms.